The molecule has 0 aliphatic heterocycles. The molecule has 23 heavy (non-hydrogen) atoms. The number of carbonyl (C=O) groups excluding carboxylic acids is 1. The summed E-state index contributed by atoms with van der Waals surface area (Å²) in [5.74, 6) is -0.474. The Bertz CT molecular complexity index is 478. The smallest absolute Gasteiger partial charge is 0.236 e. The van der Waals surface area contributed by atoms with E-state index in [9.17, 15) is 9.18 Å². The molecule has 1 aromatic carbocycles. The fourth-order valence-electron chi connectivity index (χ4n) is 1.83. The zero-order valence-electron chi connectivity index (χ0n) is 13.3. The SMILES string of the molecule is COCCNCC(=O)N(CCOC)Cc1ccc(F)cc1Cl.Cl. The minimum absolute atomic E-state index is 0. The standard InChI is InChI=1S/C15H22ClFN2O3.ClH/c1-21-7-5-18-10-15(20)19(6-8-22-2)11-12-3-4-13(17)9-14(12)16;/h3-4,9,18H,5-8,10-11H2,1-2H3;1H. The van der Waals surface area contributed by atoms with Gasteiger partial charge in [-0.2, -0.15) is 0 Å². The summed E-state index contributed by atoms with van der Waals surface area (Å²) in [6, 6.07) is 4.16. The van der Waals surface area contributed by atoms with E-state index in [2.05, 4.69) is 5.32 Å². The molecule has 5 nitrogen and oxygen atoms in total. The van der Waals surface area contributed by atoms with Crippen molar-refractivity contribution in [3.05, 3.63) is 34.6 Å². The maximum atomic E-state index is 13.1. The third-order valence-electron chi connectivity index (χ3n) is 3.05. The highest BCUT2D eigenvalue weighted by Gasteiger charge is 2.15. The average Bonchev–Trinajstić information content (AvgIpc) is 2.49. The van der Waals surface area contributed by atoms with Crippen molar-refractivity contribution in [3.63, 3.8) is 0 Å². The van der Waals surface area contributed by atoms with E-state index in [4.69, 9.17) is 21.1 Å². The van der Waals surface area contributed by atoms with E-state index in [-0.39, 0.29) is 24.9 Å². The Labute approximate surface area is 147 Å². The van der Waals surface area contributed by atoms with Crippen LogP contribution in [-0.4, -0.2) is 57.9 Å². The van der Waals surface area contributed by atoms with Crippen LogP contribution < -0.4 is 5.32 Å². The molecule has 0 heterocycles. The second-order valence-corrected chi connectivity index (χ2v) is 5.12. The van der Waals surface area contributed by atoms with Gasteiger partial charge in [0.1, 0.15) is 5.82 Å². The first kappa shape index (κ1) is 22.1. The number of carbonyl (C=O) groups is 1. The zero-order valence-corrected chi connectivity index (χ0v) is 14.9. The van der Waals surface area contributed by atoms with E-state index < -0.39 is 5.82 Å². The first-order valence-electron chi connectivity index (χ1n) is 6.98. The first-order valence-corrected chi connectivity index (χ1v) is 7.36. The summed E-state index contributed by atoms with van der Waals surface area (Å²) >= 11 is 6.02. The summed E-state index contributed by atoms with van der Waals surface area (Å²) in [4.78, 5) is 13.9. The van der Waals surface area contributed by atoms with Gasteiger partial charge in [0.25, 0.3) is 0 Å². The predicted molar refractivity (Wildman–Crippen MR) is 90.7 cm³/mol. The molecule has 1 amide bonds. The van der Waals surface area contributed by atoms with Gasteiger partial charge >= 0.3 is 0 Å². The number of rotatable bonds is 10. The molecule has 1 aromatic rings. The molecule has 0 spiro atoms. The molecule has 0 bridgehead atoms. The van der Waals surface area contributed by atoms with Crippen LogP contribution in [0.3, 0.4) is 0 Å². The maximum Gasteiger partial charge on any atom is 0.236 e. The van der Waals surface area contributed by atoms with Crippen LogP contribution in [0.4, 0.5) is 4.39 Å². The zero-order chi connectivity index (χ0) is 16.4. The van der Waals surface area contributed by atoms with Crippen LogP contribution in [-0.2, 0) is 20.8 Å². The third-order valence-corrected chi connectivity index (χ3v) is 3.41. The monoisotopic (exact) mass is 368 g/mol. The molecule has 0 fully saturated rings. The van der Waals surface area contributed by atoms with Crippen LogP contribution in [0.1, 0.15) is 5.56 Å². The summed E-state index contributed by atoms with van der Waals surface area (Å²) in [6.45, 7) is 2.50. The highest BCUT2D eigenvalue weighted by atomic mass is 35.5. The van der Waals surface area contributed by atoms with Crippen LogP contribution >= 0.6 is 24.0 Å². The fraction of sp³-hybridized carbons (Fsp3) is 0.533. The van der Waals surface area contributed by atoms with E-state index in [0.717, 1.165) is 0 Å². The van der Waals surface area contributed by atoms with E-state index in [1.54, 1.807) is 25.2 Å². The lowest BCUT2D eigenvalue weighted by Crippen LogP contribution is -2.40. The predicted octanol–water partition coefficient (Wildman–Crippen LogP) is 2.11. The van der Waals surface area contributed by atoms with Crippen molar-refractivity contribution in [1.29, 1.82) is 0 Å². The number of methoxy groups -OCH3 is 2. The molecule has 0 radical (unpaired) electrons. The Balaban J connectivity index is 0.00000484. The van der Waals surface area contributed by atoms with Gasteiger partial charge in [-0.3, -0.25) is 4.79 Å². The summed E-state index contributed by atoms with van der Waals surface area (Å²) in [5.41, 5.74) is 0.699. The van der Waals surface area contributed by atoms with E-state index in [1.165, 1.54) is 12.1 Å². The lowest BCUT2D eigenvalue weighted by atomic mass is 10.2. The normalized spacial score (nSPS) is 10.3. The molecule has 0 aromatic heterocycles. The van der Waals surface area contributed by atoms with Gasteiger partial charge < -0.3 is 19.7 Å². The highest BCUT2D eigenvalue weighted by molar-refractivity contribution is 6.31. The lowest BCUT2D eigenvalue weighted by molar-refractivity contribution is -0.131. The Morgan fingerprint density at radius 3 is 2.61 bits per heavy atom. The van der Waals surface area contributed by atoms with Gasteiger partial charge in [0.2, 0.25) is 5.91 Å². The quantitative estimate of drug-likeness (QED) is 0.642. The van der Waals surface area contributed by atoms with Gasteiger partial charge in [0.05, 0.1) is 19.8 Å². The molecule has 8 heteroatoms. The largest absolute Gasteiger partial charge is 0.383 e. The summed E-state index contributed by atoms with van der Waals surface area (Å²) in [7, 11) is 3.18. The van der Waals surface area contributed by atoms with Crippen LogP contribution in [0, 0.1) is 5.82 Å². The van der Waals surface area contributed by atoms with Crippen molar-refractivity contribution in [1.82, 2.24) is 10.2 Å². The number of benzene rings is 1. The Kier molecular flexibility index (Phi) is 12.0. The number of amides is 1. The molecular weight excluding hydrogens is 346 g/mol. The molecule has 0 aliphatic carbocycles. The van der Waals surface area contributed by atoms with Gasteiger partial charge in [-0.05, 0) is 17.7 Å². The molecule has 0 unspecified atom stereocenters. The molecule has 0 aliphatic rings. The third kappa shape index (κ3) is 8.48. The number of nitrogens with one attached hydrogen (secondary N) is 1. The van der Waals surface area contributed by atoms with Gasteiger partial charge in [-0.15, -0.1) is 12.4 Å². The number of hydrogen-bond donors (Lipinski definition) is 1. The summed E-state index contributed by atoms with van der Waals surface area (Å²) < 4.78 is 23.0. The molecule has 132 valence electrons. The fourth-order valence-corrected chi connectivity index (χ4v) is 2.06. The minimum Gasteiger partial charge on any atom is -0.383 e. The molecular formula is C15H23Cl2FN2O3. The van der Waals surface area contributed by atoms with Gasteiger partial charge in [-0.25, -0.2) is 4.39 Å². The maximum absolute atomic E-state index is 13.1. The van der Waals surface area contributed by atoms with Gasteiger partial charge in [-0.1, -0.05) is 17.7 Å². The van der Waals surface area contributed by atoms with Crippen molar-refractivity contribution < 1.29 is 18.7 Å². The number of hydrogen-bond acceptors (Lipinski definition) is 4. The Morgan fingerprint density at radius 2 is 2.00 bits per heavy atom. The molecule has 0 atom stereocenters. The second-order valence-electron chi connectivity index (χ2n) is 4.71. The summed E-state index contributed by atoms with van der Waals surface area (Å²) in [6.07, 6.45) is 0. The minimum atomic E-state index is -0.398. The molecule has 0 saturated heterocycles. The lowest BCUT2D eigenvalue weighted by Gasteiger charge is -2.23. The average molecular weight is 369 g/mol. The number of nitrogens with zero attached hydrogens (tertiary/aromatic N) is 1. The molecule has 1 N–H and O–H groups in total. The van der Waals surface area contributed by atoms with Crippen molar-refractivity contribution in [2.45, 2.75) is 6.54 Å². The van der Waals surface area contributed by atoms with Gasteiger partial charge in [0.15, 0.2) is 0 Å². The van der Waals surface area contributed by atoms with Crippen LogP contribution in [0.15, 0.2) is 18.2 Å². The van der Waals surface area contributed by atoms with Gasteiger partial charge in [0, 0.05) is 38.9 Å². The van der Waals surface area contributed by atoms with Crippen LogP contribution in [0.25, 0.3) is 0 Å². The van der Waals surface area contributed by atoms with E-state index in [0.29, 0.717) is 43.4 Å². The highest BCUT2D eigenvalue weighted by Crippen LogP contribution is 2.19. The Hall–Kier alpha value is -0.920. The van der Waals surface area contributed by atoms with Crippen LogP contribution in [0.2, 0.25) is 5.02 Å². The second kappa shape index (κ2) is 12.5. The molecule has 1 rings (SSSR count). The van der Waals surface area contributed by atoms with E-state index in [1.807, 2.05) is 0 Å². The molecule has 0 saturated carbocycles. The number of halogens is 3. The van der Waals surface area contributed by atoms with Crippen molar-refractivity contribution in [2.24, 2.45) is 0 Å². The topological polar surface area (TPSA) is 50.8 Å². The Morgan fingerprint density at radius 1 is 1.30 bits per heavy atom. The summed E-state index contributed by atoms with van der Waals surface area (Å²) in [5, 5.41) is 3.31. The first-order chi connectivity index (χ1) is 10.6. The van der Waals surface area contributed by atoms with E-state index >= 15 is 0 Å². The number of ether oxygens (including phenoxy) is 2. The van der Waals surface area contributed by atoms with Crippen molar-refractivity contribution in [3.8, 4) is 0 Å². The van der Waals surface area contributed by atoms with Crippen LogP contribution in [0.5, 0.6) is 0 Å². The van der Waals surface area contributed by atoms with Crippen molar-refractivity contribution in [2.75, 3.05) is 47.1 Å². The van der Waals surface area contributed by atoms with Crippen molar-refractivity contribution >= 4 is 29.9 Å².